The highest BCUT2D eigenvalue weighted by atomic mass is 19.1. The Kier molecular flexibility index (Phi) is 7.54. The highest BCUT2D eigenvalue weighted by Gasteiger charge is 2.31. The molecule has 2 heterocycles. The number of aromatic nitrogens is 3. The molecule has 29 heavy (non-hydrogen) atoms. The van der Waals surface area contributed by atoms with Gasteiger partial charge in [-0.3, -0.25) is 4.68 Å². The number of carbonyl (C=O) groups is 1. The molecule has 1 aromatic carbocycles. The van der Waals surface area contributed by atoms with Gasteiger partial charge >= 0.3 is 6.03 Å². The summed E-state index contributed by atoms with van der Waals surface area (Å²) in [4.78, 5) is 11.9. The summed E-state index contributed by atoms with van der Waals surface area (Å²) in [6, 6.07) is 5.80. The van der Waals surface area contributed by atoms with Crippen molar-refractivity contribution in [1.29, 1.82) is 0 Å². The van der Waals surface area contributed by atoms with Crippen molar-refractivity contribution in [3.63, 3.8) is 0 Å². The van der Waals surface area contributed by atoms with E-state index in [9.17, 15) is 14.3 Å². The molecule has 2 amide bonds. The lowest BCUT2D eigenvalue weighted by molar-refractivity contribution is -0.0907. The zero-order chi connectivity index (χ0) is 20.6. The smallest absolute Gasteiger partial charge is 0.315 e. The third-order valence-electron chi connectivity index (χ3n) is 4.99. The molecule has 2 aromatic rings. The summed E-state index contributed by atoms with van der Waals surface area (Å²) in [5.41, 5.74) is 1.30. The Labute approximate surface area is 169 Å². The van der Waals surface area contributed by atoms with E-state index in [2.05, 4.69) is 20.9 Å². The van der Waals surface area contributed by atoms with Crippen molar-refractivity contribution in [2.75, 3.05) is 13.2 Å². The van der Waals surface area contributed by atoms with Gasteiger partial charge < -0.3 is 20.5 Å². The summed E-state index contributed by atoms with van der Waals surface area (Å²) in [7, 11) is 0. The van der Waals surface area contributed by atoms with Gasteiger partial charge in [0.25, 0.3) is 0 Å². The molecule has 1 aliphatic rings. The Morgan fingerprint density at radius 3 is 3.03 bits per heavy atom. The molecule has 3 rings (SSSR count). The molecule has 3 N–H and O–H groups in total. The number of nitrogens with one attached hydrogen (secondary N) is 2. The maximum Gasteiger partial charge on any atom is 0.315 e. The fourth-order valence-corrected chi connectivity index (χ4v) is 3.43. The van der Waals surface area contributed by atoms with Crippen LogP contribution < -0.4 is 10.6 Å². The van der Waals surface area contributed by atoms with Crippen LogP contribution in [-0.2, 0) is 11.3 Å². The van der Waals surface area contributed by atoms with E-state index >= 15 is 0 Å². The van der Waals surface area contributed by atoms with Gasteiger partial charge in [0.15, 0.2) is 0 Å². The van der Waals surface area contributed by atoms with Crippen molar-refractivity contribution in [3.8, 4) is 11.3 Å². The van der Waals surface area contributed by atoms with Crippen LogP contribution in [0.25, 0.3) is 11.3 Å². The summed E-state index contributed by atoms with van der Waals surface area (Å²) in [5, 5.41) is 23.5. The highest BCUT2D eigenvalue weighted by Crippen LogP contribution is 2.23. The van der Waals surface area contributed by atoms with Crippen LogP contribution >= 0.6 is 0 Å². The fourth-order valence-electron chi connectivity index (χ4n) is 3.43. The number of halogens is 1. The minimum atomic E-state index is -0.431. The number of benzene rings is 1. The number of ether oxygens (including phenoxy) is 1. The van der Waals surface area contributed by atoms with Gasteiger partial charge in [-0.25, -0.2) is 9.18 Å². The first-order valence-corrected chi connectivity index (χ1v) is 10.1. The third kappa shape index (κ3) is 5.98. The molecule has 158 valence electrons. The van der Waals surface area contributed by atoms with Gasteiger partial charge in [-0.2, -0.15) is 0 Å². The molecule has 1 saturated heterocycles. The van der Waals surface area contributed by atoms with Gasteiger partial charge in [-0.1, -0.05) is 24.3 Å². The van der Waals surface area contributed by atoms with Gasteiger partial charge in [-0.05, 0) is 37.8 Å². The number of rotatable bonds is 8. The van der Waals surface area contributed by atoms with E-state index in [-0.39, 0.29) is 30.6 Å². The van der Waals surface area contributed by atoms with Crippen LogP contribution in [0.1, 0.15) is 32.6 Å². The molecule has 0 unspecified atom stereocenters. The number of nitrogens with zero attached hydrogens (tertiary/aromatic N) is 3. The van der Waals surface area contributed by atoms with Crippen molar-refractivity contribution >= 4 is 6.03 Å². The van der Waals surface area contributed by atoms with E-state index in [1.165, 1.54) is 12.1 Å². The zero-order valence-corrected chi connectivity index (χ0v) is 16.6. The molecule has 0 saturated carbocycles. The van der Waals surface area contributed by atoms with Crippen LogP contribution in [-0.4, -0.2) is 57.5 Å². The van der Waals surface area contributed by atoms with E-state index in [1.54, 1.807) is 23.0 Å². The summed E-state index contributed by atoms with van der Waals surface area (Å²) in [5.74, 6) is -0.311. The monoisotopic (exact) mass is 405 g/mol. The van der Waals surface area contributed by atoms with Crippen molar-refractivity contribution in [2.45, 2.75) is 57.4 Å². The molecule has 0 radical (unpaired) electrons. The Balaban J connectivity index is 1.49. The van der Waals surface area contributed by atoms with Gasteiger partial charge in [0.2, 0.25) is 0 Å². The molecule has 1 aromatic heterocycles. The first-order chi connectivity index (χ1) is 14.1. The summed E-state index contributed by atoms with van der Waals surface area (Å²) in [6.45, 7) is 3.05. The second-order valence-corrected chi connectivity index (χ2v) is 7.23. The van der Waals surface area contributed by atoms with Crippen molar-refractivity contribution in [3.05, 3.63) is 36.3 Å². The standard InChI is InChI=1S/C20H28FN5O3/c1-2-9-22-20(28)23-17-7-6-16(29-19(17)13-27)8-10-26-12-18(24-25-26)14-4-3-5-15(21)11-14/h3-5,11-12,16-17,19,27H,2,6-10,13H2,1H3,(H2,22,23,28)/t16-,17-,19+/m1/s1. The number of hydrogen-bond donors (Lipinski definition) is 3. The Hall–Kier alpha value is -2.52. The van der Waals surface area contributed by atoms with Crippen LogP contribution in [0.2, 0.25) is 0 Å². The average Bonchev–Trinajstić information content (AvgIpc) is 3.20. The lowest BCUT2D eigenvalue weighted by Crippen LogP contribution is -2.53. The number of aliphatic hydroxyl groups excluding tert-OH is 1. The second-order valence-electron chi connectivity index (χ2n) is 7.23. The lowest BCUT2D eigenvalue weighted by atomic mass is 9.97. The van der Waals surface area contributed by atoms with E-state index < -0.39 is 6.10 Å². The summed E-state index contributed by atoms with van der Waals surface area (Å²) in [6.07, 6.45) is 4.40. The molecule has 9 heteroatoms. The van der Waals surface area contributed by atoms with Crippen molar-refractivity contribution < 1.29 is 19.0 Å². The van der Waals surface area contributed by atoms with Gasteiger partial charge in [0.1, 0.15) is 17.6 Å². The van der Waals surface area contributed by atoms with Crippen molar-refractivity contribution in [2.24, 2.45) is 0 Å². The number of hydrogen-bond acceptors (Lipinski definition) is 5. The normalized spacial score (nSPS) is 21.7. The predicted octanol–water partition coefficient (Wildman–Crippen LogP) is 2.09. The highest BCUT2D eigenvalue weighted by molar-refractivity contribution is 5.74. The molecule has 1 aliphatic heterocycles. The molecule has 0 spiro atoms. The summed E-state index contributed by atoms with van der Waals surface area (Å²) < 4.78 is 21.1. The first-order valence-electron chi connectivity index (χ1n) is 10.1. The number of amides is 2. The van der Waals surface area contributed by atoms with E-state index in [0.717, 1.165) is 19.3 Å². The average molecular weight is 405 g/mol. The molecular formula is C20H28FN5O3. The minimum absolute atomic E-state index is 0.0364. The van der Waals surface area contributed by atoms with E-state index in [4.69, 9.17) is 4.74 Å². The Morgan fingerprint density at radius 2 is 2.28 bits per heavy atom. The number of urea groups is 1. The molecule has 8 nitrogen and oxygen atoms in total. The SMILES string of the molecule is CCCNC(=O)N[C@@H]1CC[C@H](CCn2cc(-c3cccc(F)c3)nn2)O[C@H]1CO. The summed E-state index contributed by atoms with van der Waals surface area (Å²) >= 11 is 0. The number of carbonyl (C=O) groups excluding carboxylic acids is 1. The maximum absolute atomic E-state index is 13.4. The molecule has 1 fully saturated rings. The van der Waals surface area contributed by atoms with Crippen LogP contribution in [0.15, 0.2) is 30.5 Å². The van der Waals surface area contributed by atoms with E-state index in [0.29, 0.717) is 30.8 Å². The fraction of sp³-hybridized carbons (Fsp3) is 0.550. The van der Waals surface area contributed by atoms with E-state index in [1.807, 2.05) is 6.92 Å². The van der Waals surface area contributed by atoms with Gasteiger partial charge in [0, 0.05) is 18.7 Å². The van der Waals surface area contributed by atoms with Gasteiger partial charge in [-0.15, -0.1) is 5.10 Å². The lowest BCUT2D eigenvalue weighted by Gasteiger charge is -2.36. The topological polar surface area (TPSA) is 101 Å². The predicted molar refractivity (Wildman–Crippen MR) is 106 cm³/mol. The largest absolute Gasteiger partial charge is 0.394 e. The number of aliphatic hydroxyl groups is 1. The Morgan fingerprint density at radius 1 is 1.41 bits per heavy atom. The molecule has 0 bridgehead atoms. The quantitative estimate of drug-likeness (QED) is 0.624. The molecule has 3 atom stereocenters. The van der Waals surface area contributed by atoms with Gasteiger partial charge in [0.05, 0.1) is 24.9 Å². The van der Waals surface area contributed by atoms with Crippen LogP contribution in [0, 0.1) is 5.82 Å². The molecular weight excluding hydrogens is 377 g/mol. The zero-order valence-electron chi connectivity index (χ0n) is 16.6. The van der Waals surface area contributed by atoms with Crippen LogP contribution in [0.5, 0.6) is 0 Å². The third-order valence-corrected chi connectivity index (χ3v) is 4.99. The number of aryl methyl sites for hydroxylation is 1. The van der Waals surface area contributed by atoms with Crippen molar-refractivity contribution in [1.82, 2.24) is 25.6 Å². The van der Waals surface area contributed by atoms with Crippen LogP contribution in [0.3, 0.4) is 0 Å². The Bertz CT molecular complexity index is 800. The molecule has 0 aliphatic carbocycles. The maximum atomic E-state index is 13.4. The second kappa shape index (κ2) is 10.3. The first kappa shape index (κ1) is 21.2. The minimum Gasteiger partial charge on any atom is -0.394 e. The van der Waals surface area contributed by atoms with Crippen LogP contribution in [0.4, 0.5) is 9.18 Å².